The minimum atomic E-state index is -3.65. The van der Waals surface area contributed by atoms with Crippen LogP contribution in [0.15, 0.2) is 17.2 Å². The maximum absolute atomic E-state index is 11.7. The Morgan fingerprint density at radius 2 is 2.29 bits per heavy atom. The highest BCUT2D eigenvalue weighted by molar-refractivity contribution is 7.89. The summed E-state index contributed by atoms with van der Waals surface area (Å²) in [4.78, 5) is 12.9. The number of carboxylic acid groups (broad SMARTS) is 1. The van der Waals surface area contributed by atoms with Crippen LogP contribution in [-0.2, 0) is 14.8 Å². The Morgan fingerprint density at radius 3 is 2.82 bits per heavy atom. The van der Waals surface area contributed by atoms with Gasteiger partial charge in [-0.05, 0) is 12.5 Å². The summed E-state index contributed by atoms with van der Waals surface area (Å²) in [6.07, 6.45) is 1.69. The van der Waals surface area contributed by atoms with E-state index in [1.54, 1.807) is 0 Å². The van der Waals surface area contributed by atoms with Gasteiger partial charge in [-0.2, -0.15) is 0 Å². The molecular weight excluding hydrogens is 248 g/mol. The molecule has 0 bridgehead atoms. The molecular formula is C9H14N2O5S. The Balaban J connectivity index is 2.66. The van der Waals surface area contributed by atoms with E-state index < -0.39 is 16.0 Å². The van der Waals surface area contributed by atoms with Gasteiger partial charge in [-0.1, -0.05) is 0 Å². The number of nitrogens with one attached hydrogen (secondary N) is 2. The fourth-order valence-corrected chi connectivity index (χ4v) is 2.23. The molecule has 8 heteroatoms. The van der Waals surface area contributed by atoms with Crippen molar-refractivity contribution in [2.24, 2.45) is 0 Å². The van der Waals surface area contributed by atoms with Crippen LogP contribution in [-0.4, -0.2) is 44.7 Å². The van der Waals surface area contributed by atoms with Crippen LogP contribution in [0, 0.1) is 0 Å². The minimum Gasteiger partial charge on any atom is -0.477 e. The van der Waals surface area contributed by atoms with Gasteiger partial charge >= 0.3 is 5.97 Å². The van der Waals surface area contributed by atoms with Crippen LogP contribution < -0.4 is 4.72 Å². The van der Waals surface area contributed by atoms with E-state index in [2.05, 4.69) is 9.71 Å². The molecule has 0 unspecified atom stereocenters. The molecule has 0 atom stereocenters. The summed E-state index contributed by atoms with van der Waals surface area (Å²) in [5.74, 6) is -1.20. The molecule has 1 heterocycles. The van der Waals surface area contributed by atoms with Crippen LogP contribution in [0.4, 0.5) is 0 Å². The van der Waals surface area contributed by atoms with Crippen molar-refractivity contribution in [1.29, 1.82) is 0 Å². The minimum absolute atomic E-state index is 0.0904. The molecule has 1 rings (SSSR count). The van der Waals surface area contributed by atoms with Crippen LogP contribution in [0.25, 0.3) is 0 Å². The quantitative estimate of drug-likeness (QED) is 0.601. The van der Waals surface area contributed by atoms with E-state index in [-0.39, 0.29) is 17.1 Å². The lowest BCUT2D eigenvalue weighted by atomic mass is 10.4. The third kappa shape index (κ3) is 3.84. The first-order chi connectivity index (χ1) is 7.97. The van der Waals surface area contributed by atoms with Gasteiger partial charge in [-0.3, -0.25) is 0 Å². The number of aromatic amines is 1. The summed E-state index contributed by atoms with van der Waals surface area (Å²) in [6, 6.07) is 1.07. The first-order valence-corrected chi connectivity index (χ1v) is 6.36. The van der Waals surface area contributed by atoms with E-state index in [1.165, 1.54) is 7.11 Å². The van der Waals surface area contributed by atoms with Gasteiger partial charge in [0.05, 0.1) is 0 Å². The average molecular weight is 262 g/mol. The van der Waals surface area contributed by atoms with E-state index in [0.717, 1.165) is 12.3 Å². The molecule has 1 aromatic rings. The van der Waals surface area contributed by atoms with Gasteiger partial charge in [0.15, 0.2) is 0 Å². The van der Waals surface area contributed by atoms with Crippen molar-refractivity contribution in [1.82, 2.24) is 9.71 Å². The zero-order chi connectivity index (χ0) is 12.9. The Bertz CT molecular complexity index is 479. The molecule has 1 aromatic heterocycles. The van der Waals surface area contributed by atoms with Crippen LogP contribution in [0.1, 0.15) is 16.9 Å². The second kappa shape index (κ2) is 5.80. The van der Waals surface area contributed by atoms with Crippen molar-refractivity contribution in [3.8, 4) is 0 Å². The molecule has 0 aliphatic carbocycles. The standard InChI is InChI=1S/C9H14N2O5S/c1-16-4-2-3-11-17(14,15)7-5-8(9(12)13)10-6-7/h5-6,10-11H,2-4H2,1H3,(H,12,13). The molecule has 0 radical (unpaired) electrons. The highest BCUT2D eigenvalue weighted by Crippen LogP contribution is 2.10. The third-order valence-electron chi connectivity index (χ3n) is 2.01. The van der Waals surface area contributed by atoms with Gasteiger partial charge in [0.2, 0.25) is 10.0 Å². The van der Waals surface area contributed by atoms with Crippen molar-refractivity contribution in [3.05, 3.63) is 18.0 Å². The zero-order valence-electron chi connectivity index (χ0n) is 9.26. The average Bonchev–Trinajstić information content (AvgIpc) is 2.74. The van der Waals surface area contributed by atoms with Crippen LogP contribution in [0.3, 0.4) is 0 Å². The van der Waals surface area contributed by atoms with Crippen molar-refractivity contribution < 1.29 is 23.1 Å². The molecule has 7 nitrogen and oxygen atoms in total. The lowest BCUT2D eigenvalue weighted by molar-refractivity contribution is 0.0691. The molecule has 0 aliphatic heterocycles. The monoisotopic (exact) mass is 262 g/mol. The summed E-state index contributed by atoms with van der Waals surface area (Å²) in [7, 11) is -2.13. The number of aromatic carboxylic acids is 1. The molecule has 3 N–H and O–H groups in total. The van der Waals surface area contributed by atoms with Gasteiger partial charge < -0.3 is 14.8 Å². The number of carbonyl (C=O) groups is 1. The van der Waals surface area contributed by atoms with E-state index in [4.69, 9.17) is 9.84 Å². The highest BCUT2D eigenvalue weighted by Gasteiger charge is 2.17. The predicted octanol–water partition coefficient (Wildman–Crippen LogP) is 0.0277. The Labute approximate surface area is 98.8 Å². The van der Waals surface area contributed by atoms with Gasteiger partial charge in [0, 0.05) is 26.5 Å². The number of carboxylic acids is 1. The molecule has 0 spiro atoms. The highest BCUT2D eigenvalue weighted by atomic mass is 32.2. The summed E-state index contributed by atoms with van der Waals surface area (Å²) < 4.78 is 30.5. The Hall–Kier alpha value is -1.38. The molecule has 0 saturated carbocycles. The molecule has 0 fully saturated rings. The first kappa shape index (κ1) is 13.7. The third-order valence-corrected chi connectivity index (χ3v) is 3.46. The largest absolute Gasteiger partial charge is 0.477 e. The van der Waals surface area contributed by atoms with E-state index >= 15 is 0 Å². The van der Waals surface area contributed by atoms with Gasteiger partial charge in [0.1, 0.15) is 10.6 Å². The molecule has 0 aliphatic rings. The maximum atomic E-state index is 11.7. The van der Waals surface area contributed by atoms with Gasteiger partial charge in [0.25, 0.3) is 0 Å². The number of aromatic nitrogens is 1. The normalized spacial score (nSPS) is 11.6. The molecule has 17 heavy (non-hydrogen) atoms. The maximum Gasteiger partial charge on any atom is 0.352 e. The number of hydrogen-bond donors (Lipinski definition) is 3. The van der Waals surface area contributed by atoms with Crippen molar-refractivity contribution in [3.63, 3.8) is 0 Å². The number of H-pyrrole nitrogens is 1. The predicted molar refractivity (Wildman–Crippen MR) is 59.4 cm³/mol. The van der Waals surface area contributed by atoms with Crippen LogP contribution >= 0.6 is 0 Å². The molecule has 0 aromatic carbocycles. The number of sulfonamides is 1. The fraction of sp³-hybridized carbons (Fsp3) is 0.444. The van der Waals surface area contributed by atoms with Crippen molar-refractivity contribution in [2.45, 2.75) is 11.3 Å². The SMILES string of the molecule is COCCCNS(=O)(=O)c1c[nH]c(C(=O)O)c1. The second-order valence-electron chi connectivity index (χ2n) is 3.30. The first-order valence-electron chi connectivity index (χ1n) is 4.87. The summed E-state index contributed by atoms with van der Waals surface area (Å²) in [5, 5.41) is 8.65. The van der Waals surface area contributed by atoms with E-state index in [9.17, 15) is 13.2 Å². The summed E-state index contributed by atoms with van der Waals surface area (Å²) in [6.45, 7) is 0.694. The lowest BCUT2D eigenvalue weighted by Crippen LogP contribution is -2.25. The number of ether oxygens (including phenoxy) is 1. The molecule has 0 saturated heterocycles. The smallest absolute Gasteiger partial charge is 0.352 e. The van der Waals surface area contributed by atoms with Gasteiger partial charge in [-0.15, -0.1) is 0 Å². The van der Waals surface area contributed by atoms with E-state index in [0.29, 0.717) is 13.0 Å². The molecule has 0 amide bonds. The Morgan fingerprint density at radius 1 is 1.59 bits per heavy atom. The summed E-state index contributed by atoms with van der Waals surface area (Å²) >= 11 is 0. The number of rotatable bonds is 7. The van der Waals surface area contributed by atoms with Crippen LogP contribution in [0.5, 0.6) is 0 Å². The Kier molecular flexibility index (Phi) is 4.67. The number of hydrogen-bond acceptors (Lipinski definition) is 4. The topological polar surface area (TPSA) is 108 Å². The van der Waals surface area contributed by atoms with Crippen molar-refractivity contribution in [2.75, 3.05) is 20.3 Å². The zero-order valence-corrected chi connectivity index (χ0v) is 10.1. The molecule has 96 valence electrons. The summed E-state index contributed by atoms with van der Waals surface area (Å²) in [5.41, 5.74) is -0.165. The lowest BCUT2D eigenvalue weighted by Gasteiger charge is -2.03. The van der Waals surface area contributed by atoms with E-state index in [1.807, 2.05) is 0 Å². The second-order valence-corrected chi connectivity index (χ2v) is 5.07. The van der Waals surface area contributed by atoms with Crippen molar-refractivity contribution >= 4 is 16.0 Å². The number of methoxy groups -OCH3 is 1. The van der Waals surface area contributed by atoms with Gasteiger partial charge in [-0.25, -0.2) is 17.9 Å². The van der Waals surface area contributed by atoms with Crippen LogP contribution in [0.2, 0.25) is 0 Å². The fourth-order valence-electron chi connectivity index (χ4n) is 1.16.